The highest BCUT2D eigenvalue weighted by atomic mass is 79.9. The minimum absolute atomic E-state index is 0.339. The van der Waals surface area contributed by atoms with E-state index in [9.17, 15) is 0 Å². The lowest BCUT2D eigenvalue weighted by Crippen LogP contribution is -2.29. The Hall–Kier alpha value is -0.280. The molecule has 1 N–H and O–H groups in total. The third kappa shape index (κ3) is 4.43. The highest BCUT2D eigenvalue weighted by Crippen LogP contribution is 2.33. The maximum absolute atomic E-state index is 5.68. The van der Waals surface area contributed by atoms with Crippen LogP contribution >= 0.6 is 15.9 Å². The zero-order valence-electron chi connectivity index (χ0n) is 11.8. The Balaban J connectivity index is 2.78. The van der Waals surface area contributed by atoms with Crippen molar-refractivity contribution >= 4 is 15.9 Å². The van der Waals surface area contributed by atoms with Gasteiger partial charge in [0, 0.05) is 0 Å². The largest absolute Gasteiger partial charge is 0.466 e. The lowest BCUT2D eigenvalue weighted by Gasteiger charge is -2.26. The van der Waals surface area contributed by atoms with Crippen LogP contribution in [-0.4, -0.2) is 6.54 Å². The molecule has 0 spiro atoms. The summed E-state index contributed by atoms with van der Waals surface area (Å²) in [6.07, 6.45) is 7.93. The lowest BCUT2D eigenvalue weighted by atomic mass is 9.89. The van der Waals surface area contributed by atoms with Crippen LogP contribution in [0.15, 0.2) is 21.2 Å². The van der Waals surface area contributed by atoms with E-state index in [2.05, 4.69) is 42.0 Å². The fourth-order valence-corrected chi connectivity index (χ4v) is 2.82. The molecule has 0 radical (unpaired) electrons. The van der Waals surface area contributed by atoms with Gasteiger partial charge in [0.1, 0.15) is 5.76 Å². The fraction of sp³-hybridized carbons (Fsp3) is 0.733. The molecule has 3 heteroatoms. The normalized spacial score (nSPS) is 14.7. The first-order valence-electron chi connectivity index (χ1n) is 7.20. The first-order valence-corrected chi connectivity index (χ1v) is 8.00. The molecule has 0 bridgehead atoms. The molecule has 0 aliphatic rings. The van der Waals surface area contributed by atoms with E-state index in [0.717, 1.165) is 23.2 Å². The minimum Gasteiger partial charge on any atom is -0.466 e. The number of hydrogen-bond donors (Lipinski definition) is 1. The van der Waals surface area contributed by atoms with Crippen molar-refractivity contribution in [2.75, 3.05) is 6.54 Å². The Morgan fingerprint density at radius 2 is 2.06 bits per heavy atom. The number of nitrogens with one attached hydrogen (secondary N) is 1. The molecule has 2 nitrogen and oxygen atoms in total. The molecule has 2 unspecified atom stereocenters. The minimum atomic E-state index is 0.339. The van der Waals surface area contributed by atoms with Crippen LogP contribution in [0.1, 0.15) is 64.7 Å². The molecule has 0 saturated heterocycles. The quantitative estimate of drug-likeness (QED) is 0.669. The molecule has 1 rings (SSSR count). The maximum Gasteiger partial charge on any atom is 0.135 e. The van der Waals surface area contributed by atoms with E-state index >= 15 is 0 Å². The summed E-state index contributed by atoms with van der Waals surface area (Å²) in [4.78, 5) is 0. The Labute approximate surface area is 120 Å². The van der Waals surface area contributed by atoms with Crippen molar-refractivity contribution in [1.29, 1.82) is 0 Å². The Bertz CT molecular complexity index is 324. The van der Waals surface area contributed by atoms with Crippen molar-refractivity contribution in [3.8, 4) is 0 Å². The monoisotopic (exact) mass is 315 g/mol. The first-order chi connectivity index (χ1) is 8.74. The standard InChI is InChI=1S/C15H26BrNO/c1-4-7-8-12(6-3)14(17-10-5-2)15-13(16)9-11-18-15/h9,11-12,14,17H,4-8,10H2,1-3H3. The predicted octanol–water partition coefficient (Wildman–Crippen LogP) is 5.30. The second-order valence-corrected chi connectivity index (χ2v) is 5.73. The van der Waals surface area contributed by atoms with Gasteiger partial charge in [0.25, 0.3) is 0 Å². The molecule has 104 valence electrons. The van der Waals surface area contributed by atoms with Crippen molar-refractivity contribution in [2.45, 2.75) is 58.9 Å². The van der Waals surface area contributed by atoms with Crippen LogP contribution in [0.25, 0.3) is 0 Å². The molecule has 1 aromatic rings. The number of unbranched alkanes of at least 4 members (excludes halogenated alkanes) is 1. The number of furan rings is 1. The van der Waals surface area contributed by atoms with Gasteiger partial charge < -0.3 is 9.73 Å². The summed E-state index contributed by atoms with van der Waals surface area (Å²) in [7, 11) is 0. The zero-order chi connectivity index (χ0) is 13.4. The Morgan fingerprint density at radius 1 is 1.28 bits per heavy atom. The molecule has 2 atom stereocenters. The van der Waals surface area contributed by atoms with E-state index in [1.54, 1.807) is 6.26 Å². The molecule has 0 amide bonds. The number of hydrogen-bond acceptors (Lipinski definition) is 2. The predicted molar refractivity (Wildman–Crippen MR) is 80.7 cm³/mol. The zero-order valence-corrected chi connectivity index (χ0v) is 13.4. The summed E-state index contributed by atoms with van der Waals surface area (Å²) >= 11 is 3.59. The van der Waals surface area contributed by atoms with Crippen LogP contribution in [-0.2, 0) is 0 Å². The molecule has 1 heterocycles. The molecule has 0 fully saturated rings. The Morgan fingerprint density at radius 3 is 2.56 bits per heavy atom. The van der Waals surface area contributed by atoms with Gasteiger partial charge in [0.05, 0.1) is 16.8 Å². The average Bonchev–Trinajstić information content (AvgIpc) is 2.79. The maximum atomic E-state index is 5.68. The molecular weight excluding hydrogens is 290 g/mol. The van der Waals surface area contributed by atoms with Crippen molar-refractivity contribution in [3.05, 3.63) is 22.6 Å². The highest BCUT2D eigenvalue weighted by Gasteiger charge is 2.25. The second kappa shape index (κ2) is 8.76. The van der Waals surface area contributed by atoms with Gasteiger partial charge in [-0.15, -0.1) is 0 Å². The lowest BCUT2D eigenvalue weighted by molar-refractivity contribution is 0.281. The van der Waals surface area contributed by atoms with Crippen LogP contribution in [0.4, 0.5) is 0 Å². The van der Waals surface area contributed by atoms with Crippen molar-refractivity contribution in [3.63, 3.8) is 0 Å². The van der Waals surface area contributed by atoms with E-state index < -0.39 is 0 Å². The summed E-state index contributed by atoms with van der Waals surface area (Å²) in [5.41, 5.74) is 0. The summed E-state index contributed by atoms with van der Waals surface area (Å²) in [6, 6.07) is 2.33. The van der Waals surface area contributed by atoms with E-state index in [1.807, 2.05) is 6.07 Å². The van der Waals surface area contributed by atoms with Crippen LogP contribution < -0.4 is 5.32 Å². The molecule has 0 aliphatic heterocycles. The SMILES string of the molecule is CCCCC(CC)C(NCCC)c1occc1Br. The summed E-state index contributed by atoms with van der Waals surface area (Å²) in [5, 5.41) is 3.65. The molecule has 1 aromatic heterocycles. The van der Waals surface area contributed by atoms with Crippen LogP contribution in [0.5, 0.6) is 0 Å². The number of halogens is 1. The van der Waals surface area contributed by atoms with Gasteiger partial charge >= 0.3 is 0 Å². The van der Waals surface area contributed by atoms with Gasteiger partial charge in [-0.2, -0.15) is 0 Å². The molecule has 0 aromatic carbocycles. The van der Waals surface area contributed by atoms with Gasteiger partial charge in [0.15, 0.2) is 0 Å². The topological polar surface area (TPSA) is 25.2 Å². The van der Waals surface area contributed by atoms with Gasteiger partial charge in [0.2, 0.25) is 0 Å². The van der Waals surface area contributed by atoms with Gasteiger partial charge in [-0.1, -0.05) is 40.0 Å². The molecular formula is C15H26BrNO. The van der Waals surface area contributed by atoms with Crippen molar-refractivity contribution in [1.82, 2.24) is 5.32 Å². The second-order valence-electron chi connectivity index (χ2n) is 4.88. The third-order valence-corrected chi connectivity index (χ3v) is 4.12. The van der Waals surface area contributed by atoms with Gasteiger partial charge in [-0.05, 0) is 47.3 Å². The summed E-state index contributed by atoms with van der Waals surface area (Å²) in [6.45, 7) is 7.77. The summed E-state index contributed by atoms with van der Waals surface area (Å²) < 4.78 is 6.77. The highest BCUT2D eigenvalue weighted by molar-refractivity contribution is 9.10. The van der Waals surface area contributed by atoms with E-state index in [4.69, 9.17) is 4.42 Å². The van der Waals surface area contributed by atoms with Crippen LogP contribution in [0, 0.1) is 5.92 Å². The van der Waals surface area contributed by atoms with E-state index in [-0.39, 0.29) is 0 Å². The van der Waals surface area contributed by atoms with Crippen LogP contribution in [0.2, 0.25) is 0 Å². The van der Waals surface area contributed by atoms with Crippen molar-refractivity contribution in [2.24, 2.45) is 5.92 Å². The van der Waals surface area contributed by atoms with Crippen LogP contribution in [0.3, 0.4) is 0 Å². The van der Waals surface area contributed by atoms with Crippen molar-refractivity contribution < 1.29 is 4.42 Å². The van der Waals surface area contributed by atoms with E-state index in [1.165, 1.54) is 25.7 Å². The van der Waals surface area contributed by atoms with E-state index in [0.29, 0.717) is 12.0 Å². The van der Waals surface area contributed by atoms with Gasteiger partial charge in [-0.3, -0.25) is 0 Å². The van der Waals surface area contributed by atoms with Gasteiger partial charge in [-0.25, -0.2) is 0 Å². The molecule has 18 heavy (non-hydrogen) atoms. The first kappa shape index (κ1) is 15.8. The number of rotatable bonds is 9. The molecule has 0 saturated carbocycles. The third-order valence-electron chi connectivity index (χ3n) is 3.47. The fourth-order valence-electron chi connectivity index (χ4n) is 2.37. The molecule has 0 aliphatic carbocycles. The summed E-state index contributed by atoms with van der Waals surface area (Å²) in [5.74, 6) is 1.71. The smallest absolute Gasteiger partial charge is 0.135 e. The average molecular weight is 316 g/mol. The Kier molecular flexibility index (Phi) is 7.68.